The van der Waals surface area contributed by atoms with Crippen molar-refractivity contribution in [2.75, 3.05) is 0 Å². The van der Waals surface area contributed by atoms with E-state index >= 15 is 0 Å². The number of carboxylic acids is 1. The van der Waals surface area contributed by atoms with E-state index in [2.05, 4.69) is 0 Å². The number of halogens is 4. The monoisotopic (exact) mass is 251 g/mol. The number of benzene rings is 1. The maximum absolute atomic E-state index is 13.3. The van der Waals surface area contributed by atoms with Crippen LogP contribution < -0.4 is 5.73 Å². The molecule has 0 aliphatic rings. The van der Waals surface area contributed by atoms with Crippen LogP contribution in [0.5, 0.6) is 0 Å². The van der Waals surface area contributed by atoms with Crippen molar-refractivity contribution in [1.29, 1.82) is 0 Å². The van der Waals surface area contributed by atoms with Crippen LogP contribution in [0.4, 0.5) is 17.6 Å². The molecule has 3 nitrogen and oxygen atoms in total. The summed E-state index contributed by atoms with van der Waals surface area (Å²) in [5, 5.41) is 8.49. The van der Waals surface area contributed by atoms with Crippen LogP contribution in [0, 0.1) is 5.82 Å². The van der Waals surface area contributed by atoms with Gasteiger partial charge in [-0.2, -0.15) is 13.2 Å². The third kappa shape index (κ3) is 3.42. The first-order valence-corrected chi connectivity index (χ1v) is 4.56. The van der Waals surface area contributed by atoms with Crippen molar-refractivity contribution in [3.05, 3.63) is 35.1 Å². The SMILES string of the molecule is N[C@H](Cc1ccc(C(F)(F)F)cc1F)C(=O)O. The highest BCUT2D eigenvalue weighted by Crippen LogP contribution is 2.30. The van der Waals surface area contributed by atoms with E-state index < -0.39 is 29.6 Å². The molecule has 0 saturated heterocycles. The van der Waals surface area contributed by atoms with E-state index in [4.69, 9.17) is 10.8 Å². The zero-order valence-corrected chi connectivity index (χ0v) is 8.46. The van der Waals surface area contributed by atoms with Gasteiger partial charge in [0, 0.05) is 6.42 Å². The number of hydrogen-bond donors (Lipinski definition) is 2. The number of carboxylic acid groups (broad SMARTS) is 1. The Kier molecular flexibility index (Phi) is 3.72. The Morgan fingerprint density at radius 1 is 1.41 bits per heavy atom. The van der Waals surface area contributed by atoms with Crippen molar-refractivity contribution in [2.45, 2.75) is 18.6 Å². The molecule has 1 atom stereocenters. The molecule has 0 saturated carbocycles. The highest BCUT2D eigenvalue weighted by Gasteiger charge is 2.31. The molecule has 17 heavy (non-hydrogen) atoms. The first-order valence-electron chi connectivity index (χ1n) is 4.56. The van der Waals surface area contributed by atoms with Crippen molar-refractivity contribution in [1.82, 2.24) is 0 Å². The standard InChI is InChI=1S/C10H9F4NO2/c11-7-4-6(10(12,13)14)2-1-5(7)3-8(15)9(16)17/h1-2,4,8H,3,15H2,(H,16,17)/t8-/m1/s1. The fraction of sp³-hybridized carbons (Fsp3) is 0.300. The molecule has 0 heterocycles. The summed E-state index contributed by atoms with van der Waals surface area (Å²) in [5.41, 5.74) is 3.87. The lowest BCUT2D eigenvalue weighted by Crippen LogP contribution is -2.32. The van der Waals surface area contributed by atoms with Gasteiger partial charge in [0.25, 0.3) is 0 Å². The molecule has 7 heteroatoms. The van der Waals surface area contributed by atoms with Crippen molar-refractivity contribution in [3.63, 3.8) is 0 Å². The lowest BCUT2D eigenvalue weighted by molar-refractivity contribution is -0.139. The maximum Gasteiger partial charge on any atom is 0.416 e. The lowest BCUT2D eigenvalue weighted by Gasteiger charge is -2.10. The smallest absolute Gasteiger partial charge is 0.416 e. The number of hydrogen-bond acceptors (Lipinski definition) is 2. The second-order valence-electron chi connectivity index (χ2n) is 3.45. The summed E-state index contributed by atoms with van der Waals surface area (Å²) in [4.78, 5) is 10.4. The molecule has 1 rings (SSSR count). The zero-order valence-electron chi connectivity index (χ0n) is 8.46. The van der Waals surface area contributed by atoms with Gasteiger partial charge in [-0.15, -0.1) is 0 Å². The second-order valence-corrected chi connectivity index (χ2v) is 3.45. The van der Waals surface area contributed by atoms with Crippen LogP contribution in [-0.4, -0.2) is 17.1 Å². The second kappa shape index (κ2) is 4.70. The molecule has 0 spiro atoms. The van der Waals surface area contributed by atoms with Crippen molar-refractivity contribution in [3.8, 4) is 0 Å². The van der Waals surface area contributed by atoms with Crippen LogP contribution >= 0.6 is 0 Å². The van der Waals surface area contributed by atoms with Crippen LogP contribution in [0.15, 0.2) is 18.2 Å². The number of nitrogens with two attached hydrogens (primary N) is 1. The zero-order chi connectivity index (χ0) is 13.2. The largest absolute Gasteiger partial charge is 0.480 e. The normalized spacial score (nSPS) is 13.5. The Morgan fingerprint density at radius 2 is 2.00 bits per heavy atom. The Bertz CT molecular complexity index is 431. The summed E-state index contributed by atoms with van der Waals surface area (Å²) in [6.45, 7) is 0. The molecule has 0 aliphatic heterocycles. The minimum atomic E-state index is -4.63. The summed E-state index contributed by atoms with van der Waals surface area (Å²) in [7, 11) is 0. The summed E-state index contributed by atoms with van der Waals surface area (Å²) < 4.78 is 49.9. The van der Waals surface area contributed by atoms with Gasteiger partial charge in [0.05, 0.1) is 5.56 Å². The van der Waals surface area contributed by atoms with Crippen molar-refractivity contribution in [2.24, 2.45) is 5.73 Å². The highest BCUT2D eigenvalue weighted by molar-refractivity contribution is 5.73. The van der Waals surface area contributed by atoms with E-state index in [0.29, 0.717) is 12.1 Å². The molecule has 1 aromatic carbocycles. The fourth-order valence-corrected chi connectivity index (χ4v) is 1.21. The molecule has 94 valence electrons. The molecule has 0 fully saturated rings. The average Bonchev–Trinajstić information content (AvgIpc) is 2.19. The molecule has 0 bridgehead atoms. The van der Waals surface area contributed by atoms with Gasteiger partial charge in [0.15, 0.2) is 0 Å². The first-order chi connectivity index (χ1) is 7.71. The first kappa shape index (κ1) is 13.4. The van der Waals surface area contributed by atoms with Crippen molar-refractivity contribution < 1.29 is 27.5 Å². The minimum Gasteiger partial charge on any atom is -0.480 e. The average molecular weight is 251 g/mol. The predicted molar refractivity (Wildman–Crippen MR) is 50.7 cm³/mol. The molecule has 0 aromatic heterocycles. The third-order valence-electron chi connectivity index (χ3n) is 2.14. The number of carbonyl (C=O) groups is 1. The molecule has 0 unspecified atom stereocenters. The lowest BCUT2D eigenvalue weighted by atomic mass is 10.0. The molecule has 0 radical (unpaired) electrons. The minimum absolute atomic E-state index is 0.159. The van der Waals surface area contributed by atoms with E-state index in [-0.39, 0.29) is 12.0 Å². The van der Waals surface area contributed by atoms with Gasteiger partial charge >= 0.3 is 12.1 Å². The molecule has 3 N–H and O–H groups in total. The van der Waals surface area contributed by atoms with Crippen molar-refractivity contribution >= 4 is 5.97 Å². The molecule has 0 aliphatic carbocycles. The van der Waals surface area contributed by atoms with Gasteiger partial charge in [0.2, 0.25) is 0 Å². The van der Waals surface area contributed by atoms with Gasteiger partial charge in [0.1, 0.15) is 11.9 Å². The third-order valence-corrected chi connectivity index (χ3v) is 2.14. The Morgan fingerprint density at radius 3 is 2.41 bits per heavy atom. The van der Waals surface area contributed by atoms with Crippen LogP contribution in [-0.2, 0) is 17.4 Å². The maximum atomic E-state index is 13.3. The van der Waals surface area contributed by atoms with E-state index in [1.807, 2.05) is 0 Å². The quantitative estimate of drug-likeness (QED) is 0.805. The molecular formula is C10H9F4NO2. The fourth-order valence-electron chi connectivity index (χ4n) is 1.21. The van der Waals surface area contributed by atoms with Gasteiger partial charge < -0.3 is 10.8 Å². The number of rotatable bonds is 3. The van der Waals surface area contributed by atoms with Crippen LogP contribution in [0.1, 0.15) is 11.1 Å². The number of aliphatic carboxylic acids is 1. The van der Waals surface area contributed by atoms with Crippen LogP contribution in [0.25, 0.3) is 0 Å². The Labute approximate surface area is 93.8 Å². The van der Waals surface area contributed by atoms with Crippen LogP contribution in [0.2, 0.25) is 0 Å². The number of alkyl halides is 3. The van der Waals surface area contributed by atoms with E-state index in [9.17, 15) is 22.4 Å². The summed E-state index contributed by atoms with van der Waals surface area (Å²) in [6, 6.07) is 0.555. The van der Waals surface area contributed by atoms with E-state index in [1.165, 1.54) is 0 Å². The molecular weight excluding hydrogens is 242 g/mol. The summed E-state index contributed by atoms with van der Waals surface area (Å²) in [6.07, 6.45) is -4.99. The Hall–Kier alpha value is -1.63. The van der Waals surface area contributed by atoms with Gasteiger partial charge in [-0.25, -0.2) is 4.39 Å². The topological polar surface area (TPSA) is 63.3 Å². The van der Waals surface area contributed by atoms with E-state index in [0.717, 1.165) is 6.07 Å². The Balaban J connectivity index is 2.95. The van der Waals surface area contributed by atoms with Gasteiger partial charge in [-0.05, 0) is 17.7 Å². The highest BCUT2D eigenvalue weighted by atomic mass is 19.4. The summed E-state index contributed by atoms with van der Waals surface area (Å²) in [5.74, 6) is -2.46. The van der Waals surface area contributed by atoms with E-state index in [1.54, 1.807) is 0 Å². The summed E-state index contributed by atoms with van der Waals surface area (Å²) >= 11 is 0. The van der Waals surface area contributed by atoms with Crippen LogP contribution in [0.3, 0.4) is 0 Å². The predicted octanol–water partition coefficient (Wildman–Crippen LogP) is 1.80. The molecule has 1 aromatic rings. The van der Waals surface area contributed by atoms with Gasteiger partial charge in [-0.1, -0.05) is 6.07 Å². The van der Waals surface area contributed by atoms with Gasteiger partial charge in [-0.3, -0.25) is 4.79 Å². The molecule has 0 amide bonds.